The molecule has 1 aliphatic carbocycles. The summed E-state index contributed by atoms with van der Waals surface area (Å²) in [5.74, 6) is 0. The number of ether oxygens (including phenoxy) is 2. The van der Waals surface area contributed by atoms with E-state index in [1.807, 2.05) is 0 Å². The predicted molar refractivity (Wildman–Crippen MR) is 77.0 cm³/mol. The molecule has 2 saturated heterocycles. The first-order valence-electron chi connectivity index (χ1n) is 7.75. The lowest BCUT2D eigenvalue weighted by molar-refractivity contribution is -0.227. The van der Waals surface area contributed by atoms with Gasteiger partial charge >= 0.3 is 0 Å². The first-order chi connectivity index (χ1) is 11.7. The van der Waals surface area contributed by atoms with Crippen molar-refractivity contribution < 1.29 is 50.3 Å². The lowest BCUT2D eigenvalue weighted by atomic mass is 9.96. The standard InChI is InChI=1S/C13H22N2O10/c16-1-3-4(18)5(19)6(20)11(24-3)15-12-14-9-8(25-12)7(21)10(22)13(9,23)2-17/h3-11,16-23H,1-2H2,(H,14,15)/t3-,4-,5+,6-,7-,8-,9-,10+,11-,13+/m1/s1. The Morgan fingerprint density at radius 2 is 1.68 bits per heavy atom. The minimum Gasteiger partial charge on any atom is -0.457 e. The molecular weight excluding hydrogens is 344 g/mol. The Kier molecular flexibility index (Phi) is 4.91. The molecule has 0 amide bonds. The average Bonchev–Trinajstić information content (AvgIpc) is 3.10. The van der Waals surface area contributed by atoms with Crippen molar-refractivity contribution in [1.29, 1.82) is 0 Å². The lowest BCUT2D eigenvalue weighted by Gasteiger charge is -2.38. The van der Waals surface area contributed by atoms with Crippen molar-refractivity contribution in [2.75, 3.05) is 13.2 Å². The van der Waals surface area contributed by atoms with Crippen LogP contribution in [0, 0.1) is 0 Å². The van der Waals surface area contributed by atoms with Gasteiger partial charge in [0.15, 0.2) is 12.3 Å². The summed E-state index contributed by atoms with van der Waals surface area (Å²) in [6.07, 6.45) is -11.6. The SMILES string of the molecule is OC[C@H]1O[C@@H](/N=C2/N[C@@H]3[C@H](O2)[C@@H](O)[C@H](O)[C@]3(O)CO)[C@H](O)[C@@H](O)[C@@H]1O. The lowest BCUT2D eigenvalue weighted by Crippen LogP contribution is -2.58. The van der Waals surface area contributed by atoms with E-state index in [9.17, 15) is 35.7 Å². The van der Waals surface area contributed by atoms with Crippen molar-refractivity contribution in [2.45, 2.75) is 60.6 Å². The van der Waals surface area contributed by atoms with Crippen LogP contribution < -0.4 is 5.32 Å². The number of fused-ring (bicyclic) bond motifs is 1. The molecule has 0 bridgehead atoms. The van der Waals surface area contributed by atoms with Gasteiger partial charge in [0.1, 0.15) is 48.3 Å². The van der Waals surface area contributed by atoms with Gasteiger partial charge in [-0.15, -0.1) is 0 Å². The summed E-state index contributed by atoms with van der Waals surface area (Å²) in [6.45, 7) is -1.48. The van der Waals surface area contributed by atoms with E-state index in [2.05, 4.69) is 10.3 Å². The van der Waals surface area contributed by atoms with E-state index < -0.39 is 73.8 Å². The van der Waals surface area contributed by atoms with Crippen LogP contribution in [0.5, 0.6) is 0 Å². The topological polar surface area (TPSA) is 205 Å². The molecule has 3 rings (SSSR count). The molecule has 3 fully saturated rings. The Hall–Kier alpha value is -1.09. The molecule has 0 unspecified atom stereocenters. The summed E-state index contributed by atoms with van der Waals surface area (Å²) < 4.78 is 10.5. The van der Waals surface area contributed by atoms with Gasteiger partial charge < -0.3 is 55.6 Å². The zero-order valence-electron chi connectivity index (χ0n) is 13.0. The minimum absolute atomic E-state index is 0.267. The van der Waals surface area contributed by atoms with Gasteiger partial charge in [-0.2, -0.15) is 0 Å². The van der Waals surface area contributed by atoms with Crippen LogP contribution in [0.1, 0.15) is 0 Å². The molecule has 25 heavy (non-hydrogen) atoms. The second-order valence-corrected chi connectivity index (χ2v) is 6.44. The third-order valence-electron chi connectivity index (χ3n) is 4.93. The Morgan fingerprint density at radius 1 is 1.00 bits per heavy atom. The van der Waals surface area contributed by atoms with Crippen LogP contribution in [-0.4, -0.2) is 121 Å². The van der Waals surface area contributed by atoms with Gasteiger partial charge in [-0.25, -0.2) is 4.99 Å². The summed E-state index contributed by atoms with van der Waals surface area (Å²) in [5.41, 5.74) is -2.07. The van der Waals surface area contributed by atoms with Gasteiger partial charge in [-0.1, -0.05) is 0 Å². The van der Waals surface area contributed by atoms with E-state index in [-0.39, 0.29) is 6.02 Å². The summed E-state index contributed by atoms with van der Waals surface area (Å²) >= 11 is 0. The molecule has 2 aliphatic heterocycles. The molecule has 0 aromatic heterocycles. The van der Waals surface area contributed by atoms with Crippen molar-refractivity contribution >= 4 is 6.02 Å². The summed E-state index contributed by atoms with van der Waals surface area (Å²) in [7, 11) is 0. The highest BCUT2D eigenvalue weighted by molar-refractivity contribution is 5.77. The first-order valence-corrected chi connectivity index (χ1v) is 7.75. The van der Waals surface area contributed by atoms with Crippen molar-refractivity contribution in [3.63, 3.8) is 0 Å². The fraction of sp³-hybridized carbons (Fsp3) is 0.923. The molecule has 9 N–H and O–H groups in total. The maximum atomic E-state index is 10.3. The molecule has 12 nitrogen and oxygen atoms in total. The number of rotatable bonds is 3. The van der Waals surface area contributed by atoms with Crippen molar-refractivity contribution in [1.82, 2.24) is 5.32 Å². The zero-order valence-corrected chi connectivity index (χ0v) is 13.0. The van der Waals surface area contributed by atoms with E-state index >= 15 is 0 Å². The number of aliphatic imine (C=N–C) groups is 1. The highest BCUT2D eigenvalue weighted by atomic mass is 16.6. The third-order valence-corrected chi connectivity index (χ3v) is 4.93. The molecule has 2 heterocycles. The Morgan fingerprint density at radius 3 is 2.28 bits per heavy atom. The Balaban J connectivity index is 1.78. The van der Waals surface area contributed by atoms with Crippen LogP contribution in [0.4, 0.5) is 0 Å². The maximum Gasteiger partial charge on any atom is 0.288 e. The molecule has 1 saturated carbocycles. The highest BCUT2D eigenvalue weighted by Gasteiger charge is 2.64. The summed E-state index contributed by atoms with van der Waals surface area (Å²) in [4.78, 5) is 3.88. The normalized spacial score (nSPS) is 54.2. The Labute approximate surface area is 141 Å². The van der Waals surface area contributed by atoms with E-state index in [4.69, 9.17) is 14.6 Å². The van der Waals surface area contributed by atoms with Crippen LogP contribution in [0.15, 0.2) is 4.99 Å². The largest absolute Gasteiger partial charge is 0.457 e. The fourth-order valence-electron chi connectivity index (χ4n) is 3.35. The van der Waals surface area contributed by atoms with Crippen molar-refractivity contribution in [2.24, 2.45) is 4.99 Å². The van der Waals surface area contributed by atoms with Crippen molar-refractivity contribution in [3.05, 3.63) is 0 Å². The second kappa shape index (κ2) is 6.57. The van der Waals surface area contributed by atoms with Crippen LogP contribution >= 0.6 is 0 Å². The number of nitrogens with zero attached hydrogens (tertiary/aromatic N) is 1. The van der Waals surface area contributed by atoms with Crippen LogP contribution in [0.2, 0.25) is 0 Å². The van der Waals surface area contributed by atoms with Crippen LogP contribution in [-0.2, 0) is 9.47 Å². The highest BCUT2D eigenvalue weighted by Crippen LogP contribution is 2.36. The number of hydrogen-bond acceptors (Lipinski definition) is 11. The molecule has 3 aliphatic rings. The molecule has 0 radical (unpaired) electrons. The third kappa shape index (κ3) is 2.79. The first kappa shape index (κ1) is 18.7. The molecule has 0 aromatic rings. The summed E-state index contributed by atoms with van der Waals surface area (Å²) in [5, 5.41) is 80.5. The van der Waals surface area contributed by atoms with Gasteiger partial charge in [-0.3, -0.25) is 0 Å². The van der Waals surface area contributed by atoms with Gasteiger partial charge in [0.2, 0.25) is 0 Å². The van der Waals surface area contributed by atoms with Crippen LogP contribution in [0.3, 0.4) is 0 Å². The van der Waals surface area contributed by atoms with E-state index in [1.54, 1.807) is 0 Å². The fourth-order valence-corrected chi connectivity index (χ4v) is 3.35. The number of hydrogen-bond donors (Lipinski definition) is 9. The number of aliphatic hydroxyl groups is 8. The number of amidine groups is 1. The summed E-state index contributed by atoms with van der Waals surface area (Å²) in [6, 6.07) is -1.34. The van der Waals surface area contributed by atoms with Crippen LogP contribution in [0.25, 0.3) is 0 Å². The van der Waals surface area contributed by atoms with Gasteiger partial charge in [0.25, 0.3) is 6.02 Å². The average molecular weight is 366 g/mol. The smallest absolute Gasteiger partial charge is 0.288 e. The maximum absolute atomic E-state index is 10.3. The van der Waals surface area contributed by atoms with E-state index in [1.165, 1.54) is 0 Å². The van der Waals surface area contributed by atoms with E-state index in [0.29, 0.717) is 0 Å². The van der Waals surface area contributed by atoms with E-state index in [0.717, 1.165) is 0 Å². The number of nitrogens with one attached hydrogen (secondary N) is 1. The Bertz CT molecular complexity index is 533. The molecular formula is C13H22N2O10. The quantitative estimate of drug-likeness (QED) is 0.230. The predicted octanol–water partition coefficient (Wildman–Crippen LogP) is -6.04. The molecule has 12 heteroatoms. The molecule has 144 valence electrons. The molecule has 10 atom stereocenters. The zero-order chi connectivity index (χ0) is 18.5. The van der Waals surface area contributed by atoms with Gasteiger partial charge in [0.05, 0.1) is 13.2 Å². The molecule has 0 spiro atoms. The number of aliphatic hydroxyl groups excluding tert-OH is 7. The van der Waals surface area contributed by atoms with Gasteiger partial charge in [0, 0.05) is 0 Å². The van der Waals surface area contributed by atoms with Crippen molar-refractivity contribution in [3.8, 4) is 0 Å². The monoisotopic (exact) mass is 366 g/mol. The minimum atomic E-state index is -2.07. The van der Waals surface area contributed by atoms with Gasteiger partial charge in [-0.05, 0) is 0 Å². The molecule has 0 aromatic carbocycles. The second-order valence-electron chi connectivity index (χ2n) is 6.44.